The Hall–Kier alpha value is -1.11. The van der Waals surface area contributed by atoms with E-state index in [2.05, 4.69) is 0 Å². The number of nitrogens with two attached hydrogens (primary N) is 1. The molecule has 0 bridgehead atoms. The number of fused-ring (bicyclic) bond motifs is 1. The monoisotopic (exact) mass is 256 g/mol. The van der Waals surface area contributed by atoms with Gasteiger partial charge in [0.1, 0.15) is 5.75 Å². The summed E-state index contributed by atoms with van der Waals surface area (Å²) in [5, 5.41) is 5.15. The SMILES string of the molecule is COc1cccc2c1CCN(S(N)(=O)=O)CC2. The Morgan fingerprint density at radius 1 is 1.29 bits per heavy atom. The second kappa shape index (κ2) is 4.64. The minimum atomic E-state index is -3.59. The standard InChI is InChI=1S/C11H16N2O3S/c1-16-11-4-2-3-9-5-7-13(17(12,14)15)8-6-10(9)11/h2-4H,5-8H2,1H3,(H2,12,14,15). The van der Waals surface area contributed by atoms with Crippen LogP contribution in [0.15, 0.2) is 18.2 Å². The molecule has 0 aliphatic carbocycles. The molecule has 0 saturated carbocycles. The van der Waals surface area contributed by atoms with Crippen LogP contribution >= 0.6 is 0 Å². The molecule has 1 aliphatic heterocycles. The van der Waals surface area contributed by atoms with E-state index < -0.39 is 10.2 Å². The molecule has 0 atom stereocenters. The molecule has 1 aromatic carbocycles. The summed E-state index contributed by atoms with van der Waals surface area (Å²) >= 11 is 0. The van der Waals surface area contributed by atoms with E-state index in [-0.39, 0.29) is 0 Å². The van der Waals surface area contributed by atoms with Crippen molar-refractivity contribution in [2.75, 3.05) is 20.2 Å². The van der Waals surface area contributed by atoms with Crippen molar-refractivity contribution in [2.24, 2.45) is 5.14 Å². The molecule has 0 radical (unpaired) electrons. The van der Waals surface area contributed by atoms with Crippen molar-refractivity contribution >= 4 is 10.2 Å². The lowest BCUT2D eigenvalue weighted by molar-refractivity contribution is 0.404. The fourth-order valence-electron chi connectivity index (χ4n) is 2.17. The molecule has 0 spiro atoms. The van der Waals surface area contributed by atoms with Gasteiger partial charge in [0, 0.05) is 13.1 Å². The van der Waals surface area contributed by atoms with Crippen LogP contribution in [0.1, 0.15) is 11.1 Å². The average Bonchev–Trinajstić information content (AvgIpc) is 2.49. The molecule has 0 fully saturated rings. The zero-order valence-corrected chi connectivity index (χ0v) is 10.5. The molecule has 0 amide bonds. The van der Waals surface area contributed by atoms with Gasteiger partial charge in [0.15, 0.2) is 0 Å². The van der Waals surface area contributed by atoms with Gasteiger partial charge < -0.3 is 4.74 Å². The number of methoxy groups -OCH3 is 1. The van der Waals surface area contributed by atoms with Crippen molar-refractivity contribution in [2.45, 2.75) is 12.8 Å². The Morgan fingerprint density at radius 3 is 2.65 bits per heavy atom. The normalized spacial score (nSPS) is 17.3. The summed E-state index contributed by atoms with van der Waals surface area (Å²) in [6.07, 6.45) is 1.30. The molecule has 6 heteroatoms. The Balaban J connectivity index is 2.30. The third-order valence-corrected chi connectivity index (χ3v) is 4.14. The first-order chi connectivity index (χ1) is 8.02. The third kappa shape index (κ3) is 2.59. The van der Waals surface area contributed by atoms with E-state index in [0.717, 1.165) is 16.9 Å². The van der Waals surface area contributed by atoms with Crippen LogP contribution in [0, 0.1) is 0 Å². The van der Waals surface area contributed by atoms with E-state index in [9.17, 15) is 8.42 Å². The number of ether oxygens (including phenoxy) is 1. The zero-order chi connectivity index (χ0) is 12.5. The van der Waals surface area contributed by atoms with Crippen LogP contribution in [0.3, 0.4) is 0 Å². The number of hydrogen-bond donors (Lipinski definition) is 1. The molecule has 2 rings (SSSR count). The van der Waals surface area contributed by atoms with Gasteiger partial charge in [-0.15, -0.1) is 0 Å². The molecule has 2 N–H and O–H groups in total. The summed E-state index contributed by atoms with van der Waals surface area (Å²) in [5.74, 6) is 0.818. The Labute approximate surface area is 101 Å². The first-order valence-electron chi connectivity index (χ1n) is 5.45. The second-order valence-electron chi connectivity index (χ2n) is 4.04. The highest BCUT2D eigenvalue weighted by molar-refractivity contribution is 7.86. The van der Waals surface area contributed by atoms with Crippen LogP contribution in [0.4, 0.5) is 0 Å². The highest BCUT2D eigenvalue weighted by Gasteiger charge is 2.22. The van der Waals surface area contributed by atoms with Gasteiger partial charge in [-0.25, -0.2) is 5.14 Å². The van der Waals surface area contributed by atoms with Crippen LogP contribution < -0.4 is 9.88 Å². The maximum absolute atomic E-state index is 11.3. The maximum Gasteiger partial charge on any atom is 0.276 e. The lowest BCUT2D eigenvalue weighted by atomic mass is 10.0. The van der Waals surface area contributed by atoms with E-state index in [4.69, 9.17) is 9.88 Å². The van der Waals surface area contributed by atoms with Gasteiger partial charge in [-0.05, 0) is 30.0 Å². The van der Waals surface area contributed by atoms with Gasteiger partial charge in [-0.3, -0.25) is 0 Å². The van der Waals surface area contributed by atoms with E-state index in [0.29, 0.717) is 25.9 Å². The molecule has 17 heavy (non-hydrogen) atoms. The molecule has 0 saturated heterocycles. The van der Waals surface area contributed by atoms with Crippen molar-refractivity contribution in [3.05, 3.63) is 29.3 Å². The summed E-state index contributed by atoms with van der Waals surface area (Å²) in [6, 6.07) is 5.82. The molecule has 1 heterocycles. The van der Waals surface area contributed by atoms with Crippen LogP contribution in [0.2, 0.25) is 0 Å². The summed E-state index contributed by atoms with van der Waals surface area (Å²) < 4.78 is 29.2. The summed E-state index contributed by atoms with van der Waals surface area (Å²) in [7, 11) is -1.97. The summed E-state index contributed by atoms with van der Waals surface area (Å²) in [4.78, 5) is 0. The lowest BCUT2D eigenvalue weighted by Crippen LogP contribution is -2.38. The number of hydrogen-bond acceptors (Lipinski definition) is 3. The van der Waals surface area contributed by atoms with Crippen molar-refractivity contribution in [1.29, 1.82) is 0 Å². The predicted octanol–water partition coefficient (Wildman–Crippen LogP) is 0.299. The fraction of sp³-hybridized carbons (Fsp3) is 0.455. The number of rotatable bonds is 2. The highest BCUT2D eigenvalue weighted by atomic mass is 32.2. The van der Waals surface area contributed by atoms with Gasteiger partial charge >= 0.3 is 0 Å². The van der Waals surface area contributed by atoms with E-state index in [1.165, 1.54) is 4.31 Å². The van der Waals surface area contributed by atoms with Gasteiger partial charge in [0.25, 0.3) is 10.2 Å². The quantitative estimate of drug-likeness (QED) is 0.827. The number of nitrogens with zero attached hydrogens (tertiary/aromatic N) is 1. The zero-order valence-electron chi connectivity index (χ0n) is 9.72. The van der Waals surface area contributed by atoms with E-state index in [1.807, 2.05) is 18.2 Å². The van der Waals surface area contributed by atoms with Gasteiger partial charge in [-0.2, -0.15) is 12.7 Å². The molecule has 1 aliphatic rings. The molecule has 0 unspecified atom stereocenters. The summed E-state index contributed by atoms with van der Waals surface area (Å²) in [6.45, 7) is 0.838. The highest BCUT2D eigenvalue weighted by Crippen LogP contribution is 2.26. The molecular weight excluding hydrogens is 240 g/mol. The van der Waals surface area contributed by atoms with Crippen molar-refractivity contribution in [3.8, 4) is 5.75 Å². The predicted molar refractivity (Wildman–Crippen MR) is 65.1 cm³/mol. The first-order valence-corrected chi connectivity index (χ1v) is 6.95. The van der Waals surface area contributed by atoms with Crippen molar-refractivity contribution in [1.82, 2.24) is 4.31 Å². The molecule has 1 aromatic rings. The minimum absolute atomic E-state index is 0.409. The number of benzene rings is 1. The molecule has 94 valence electrons. The van der Waals surface area contributed by atoms with Crippen LogP contribution in [-0.2, 0) is 23.1 Å². The topological polar surface area (TPSA) is 72.6 Å². The average molecular weight is 256 g/mol. The van der Waals surface area contributed by atoms with Crippen LogP contribution in [0.25, 0.3) is 0 Å². The molecule has 0 aromatic heterocycles. The van der Waals surface area contributed by atoms with Crippen molar-refractivity contribution < 1.29 is 13.2 Å². The lowest BCUT2D eigenvalue weighted by Gasteiger charge is -2.15. The minimum Gasteiger partial charge on any atom is -0.496 e. The Bertz CT molecular complexity index is 513. The van der Waals surface area contributed by atoms with Gasteiger partial charge in [0.05, 0.1) is 7.11 Å². The fourth-order valence-corrected chi connectivity index (χ4v) is 2.86. The summed E-state index contributed by atoms with van der Waals surface area (Å²) in [5.41, 5.74) is 2.22. The second-order valence-corrected chi connectivity index (χ2v) is 5.59. The Morgan fingerprint density at radius 2 is 2.00 bits per heavy atom. The smallest absolute Gasteiger partial charge is 0.276 e. The molecule has 5 nitrogen and oxygen atoms in total. The maximum atomic E-state index is 11.3. The van der Waals surface area contributed by atoms with Crippen LogP contribution in [-0.4, -0.2) is 32.9 Å². The van der Waals surface area contributed by atoms with Gasteiger partial charge in [0.2, 0.25) is 0 Å². The third-order valence-electron chi connectivity index (χ3n) is 3.05. The first kappa shape index (κ1) is 12.3. The van der Waals surface area contributed by atoms with Crippen LogP contribution in [0.5, 0.6) is 5.75 Å². The largest absolute Gasteiger partial charge is 0.496 e. The van der Waals surface area contributed by atoms with Crippen molar-refractivity contribution in [3.63, 3.8) is 0 Å². The molecular formula is C11H16N2O3S. The van der Waals surface area contributed by atoms with E-state index >= 15 is 0 Å². The Kier molecular flexibility index (Phi) is 3.37. The van der Waals surface area contributed by atoms with Gasteiger partial charge in [-0.1, -0.05) is 12.1 Å². The van der Waals surface area contributed by atoms with E-state index in [1.54, 1.807) is 7.11 Å².